The summed E-state index contributed by atoms with van der Waals surface area (Å²) >= 11 is 0. The van der Waals surface area contributed by atoms with Crippen LogP contribution in [0.15, 0.2) is 47.7 Å². The predicted octanol–water partition coefficient (Wildman–Crippen LogP) is 6.18. The maximum Gasteiger partial charge on any atom is 0.133 e. The number of hydrogen-bond donors (Lipinski definition) is 0. The Kier molecular flexibility index (Phi) is 9.60. The van der Waals surface area contributed by atoms with Crippen LogP contribution in [0.1, 0.15) is 59.9 Å². The first-order valence-electron chi connectivity index (χ1n) is 7.31. The minimum absolute atomic E-state index is 0.920. The Morgan fingerprint density at radius 2 is 1.63 bits per heavy atom. The van der Waals surface area contributed by atoms with Crippen molar-refractivity contribution in [2.45, 2.75) is 54.4 Å². The lowest BCUT2D eigenvalue weighted by molar-refractivity contribution is 0.363. The summed E-state index contributed by atoms with van der Waals surface area (Å²) in [5, 5.41) is 0. The maximum atomic E-state index is 6.03. The number of rotatable bonds is 5. The van der Waals surface area contributed by atoms with Crippen LogP contribution in [0, 0.1) is 0 Å². The van der Waals surface area contributed by atoms with E-state index in [1.54, 1.807) is 0 Å². The zero-order valence-electron chi connectivity index (χ0n) is 13.3. The van der Waals surface area contributed by atoms with Crippen LogP contribution in [0.3, 0.4) is 0 Å². The third kappa shape index (κ3) is 5.78. The lowest BCUT2D eigenvalue weighted by Crippen LogP contribution is -1.95. The first-order valence-corrected chi connectivity index (χ1v) is 7.31. The molecule has 0 N–H and O–H groups in total. The molecular formula is C18H28O. The molecule has 0 fully saturated rings. The van der Waals surface area contributed by atoms with Gasteiger partial charge >= 0.3 is 0 Å². The Morgan fingerprint density at radius 1 is 1.05 bits per heavy atom. The Hall–Kier alpha value is -1.50. The van der Waals surface area contributed by atoms with E-state index in [4.69, 9.17) is 4.74 Å². The van der Waals surface area contributed by atoms with Gasteiger partial charge in [0.2, 0.25) is 0 Å². The van der Waals surface area contributed by atoms with Gasteiger partial charge in [0, 0.05) is 12.0 Å². The average Bonchev–Trinajstić information content (AvgIpc) is 2.50. The minimum atomic E-state index is 0.920. The van der Waals surface area contributed by atoms with E-state index in [1.165, 1.54) is 5.57 Å². The molecule has 1 aromatic carbocycles. The molecule has 0 amide bonds. The number of hydrogen-bond acceptors (Lipinski definition) is 1. The topological polar surface area (TPSA) is 9.23 Å². The first kappa shape index (κ1) is 17.5. The molecule has 0 aliphatic rings. The molecule has 1 aromatic rings. The average molecular weight is 260 g/mol. The van der Waals surface area contributed by atoms with Crippen molar-refractivity contribution in [2.24, 2.45) is 0 Å². The van der Waals surface area contributed by atoms with Crippen molar-refractivity contribution in [2.75, 3.05) is 0 Å². The van der Waals surface area contributed by atoms with Crippen LogP contribution in [0.4, 0.5) is 0 Å². The van der Waals surface area contributed by atoms with Gasteiger partial charge in [-0.3, -0.25) is 0 Å². The van der Waals surface area contributed by atoms with Crippen molar-refractivity contribution >= 4 is 5.76 Å². The summed E-state index contributed by atoms with van der Waals surface area (Å²) in [4.78, 5) is 0. The second-order valence-corrected chi connectivity index (χ2v) is 4.04. The normalized spacial score (nSPS) is 12.2. The fourth-order valence-corrected chi connectivity index (χ4v) is 1.61. The highest BCUT2D eigenvalue weighted by Gasteiger charge is 2.08. The molecule has 0 aliphatic carbocycles. The molecule has 1 heteroatoms. The molecule has 0 aliphatic heterocycles. The van der Waals surface area contributed by atoms with Crippen LogP contribution in [0.25, 0.3) is 5.76 Å². The summed E-state index contributed by atoms with van der Waals surface area (Å²) in [6.07, 6.45) is 3.96. The molecule has 0 saturated heterocycles. The third-order valence-electron chi connectivity index (χ3n) is 2.86. The van der Waals surface area contributed by atoms with Crippen LogP contribution >= 0.6 is 0 Å². The molecule has 0 radical (unpaired) electrons. The summed E-state index contributed by atoms with van der Waals surface area (Å²) in [7, 11) is 0. The van der Waals surface area contributed by atoms with Crippen molar-refractivity contribution in [1.29, 1.82) is 0 Å². The van der Waals surface area contributed by atoms with E-state index in [0.717, 1.165) is 29.9 Å². The summed E-state index contributed by atoms with van der Waals surface area (Å²) in [6.45, 7) is 12.4. The van der Waals surface area contributed by atoms with Crippen LogP contribution < -0.4 is 0 Å². The van der Waals surface area contributed by atoms with E-state index < -0.39 is 0 Å². The van der Waals surface area contributed by atoms with E-state index in [-0.39, 0.29) is 0 Å². The van der Waals surface area contributed by atoms with Crippen molar-refractivity contribution in [3.63, 3.8) is 0 Å². The van der Waals surface area contributed by atoms with Crippen molar-refractivity contribution in [3.05, 3.63) is 53.3 Å². The molecule has 106 valence electrons. The van der Waals surface area contributed by atoms with E-state index in [9.17, 15) is 0 Å². The summed E-state index contributed by atoms with van der Waals surface area (Å²) in [5.74, 6) is 2.03. The smallest absolute Gasteiger partial charge is 0.133 e. The van der Waals surface area contributed by atoms with E-state index >= 15 is 0 Å². The standard InChI is InChI=1S/C16H22O.C2H6/c1-5-13(4)16(17-15(6-2)7-3)14-11-9-8-10-12-14;1-2/h6,8-12H,5,7H2,1-4H3;1-2H3/b15-6-,16-13?;. The molecular weight excluding hydrogens is 232 g/mol. The molecule has 0 atom stereocenters. The van der Waals surface area contributed by atoms with Gasteiger partial charge in [-0.05, 0) is 31.9 Å². The molecule has 19 heavy (non-hydrogen) atoms. The SMILES string of the molecule is C/C=C(/CC)OC(=C(C)CC)c1ccccc1.CC. The highest BCUT2D eigenvalue weighted by atomic mass is 16.5. The highest BCUT2D eigenvalue weighted by Crippen LogP contribution is 2.25. The fourth-order valence-electron chi connectivity index (χ4n) is 1.61. The van der Waals surface area contributed by atoms with Crippen LogP contribution in [-0.2, 0) is 4.74 Å². The van der Waals surface area contributed by atoms with E-state index in [0.29, 0.717) is 0 Å². The number of benzene rings is 1. The van der Waals surface area contributed by atoms with Crippen molar-refractivity contribution < 1.29 is 4.74 Å². The third-order valence-corrected chi connectivity index (χ3v) is 2.86. The molecule has 0 spiro atoms. The molecule has 0 bridgehead atoms. The van der Waals surface area contributed by atoms with Gasteiger partial charge in [0.1, 0.15) is 5.76 Å². The molecule has 0 aromatic heterocycles. The van der Waals surface area contributed by atoms with Gasteiger partial charge in [0.15, 0.2) is 0 Å². The lowest BCUT2D eigenvalue weighted by atomic mass is 10.1. The number of ether oxygens (including phenoxy) is 1. The molecule has 0 unspecified atom stereocenters. The molecule has 1 rings (SSSR count). The minimum Gasteiger partial charge on any atom is -0.462 e. The van der Waals surface area contributed by atoms with Gasteiger partial charge in [0.25, 0.3) is 0 Å². The largest absolute Gasteiger partial charge is 0.462 e. The Morgan fingerprint density at radius 3 is 2.05 bits per heavy atom. The van der Waals surface area contributed by atoms with Gasteiger partial charge in [-0.1, -0.05) is 58.0 Å². The predicted molar refractivity (Wildman–Crippen MR) is 85.8 cm³/mol. The summed E-state index contributed by atoms with van der Waals surface area (Å²) < 4.78 is 6.03. The second-order valence-electron chi connectivity index (χ2n) is 4.04. The van der Waals surface area contributed by atoms with Gasteiger partial charge in [-0.25, -0.2) is 0 Å². The van der Waals surface area contributed by atoms with Gasteiger partial charge in [-0.2, -0.15) is 0 Å². The van der Waals surface area contributed by atoms with Gasteiger partial charge in [-0.15, -0.1) is 0 Å². The van der Waals surface area contributed by atoms with Crippen molar-refractivity contribution in [3.8, 4) is 0 Å². The Balaban J connectivity index is 0.00000154. The highest BCUT2D eigenvalue weighted by molar-refractivity contribution is 5.63. The van der Waals surface area contributed by atoms with Crippen LogP contribution in [0.2, 0.25) is 0 Å². The van der Waals surface area contributed by atoms with Gasteiger partial charge in [0.05, 0.1) is 5.76 Å². The monoisotopic (exact) mass is 260 g/mol. The Labute approximate surface area is 119 Å². The van der Waals surface area contributed by atoms with Crippen LogP contribution in [-0.4, -0.2) is 0 Å². The molecule has 1 nitrogen and oxygen atoms in total. The second kappa shape index (κ2) is 10.4. The summed E-state index contributed by atoms with van der Waals surface area (Å²) in [5.41, 5.74) is 2.43. The number of allylic oxidation sites excluding steroid dienone is 3. The quantitative estimate of drug-likeness (QED) is 0.574. The van der Waals surface area contributed by atoms with Crippen LogP contribution in [0.5, 0.6) is 0 Å². The Bertz CT molecular complexity index is 399. The summed E-state index contributed by atoms with van der Waals surface area (Å²) in [6, 6.07) is 10.3. The zero-order chi connectivity index (χ0) is 14.7. The molecule has 0 saturated carbocycles. The van der Waals surface area contributed by atoms with Crippen molar-refractivity contribution in [1.82, 2.24) is 0 Å². The lowest BCUT2D eigenvalue weighted by Gasteiger charge is -2.15. The van der Waals surface area contributed by atoms with E-state index in [1.807, 2.05) is 45.0 Å². The van der Waals surface area contributed by atoms with E-state index in [2.05, 4.69) is 32.9 Å². The van der Waals surface area contributed by atoms with Gasteiger partial charge < -0.3 is 4.74 Å². The maximum absolute atomic E-state index is 6.03. The fraction of sp³-hybridized carbons (Fsp3) is 0.444. The zero-order valence-corrected chi connectivity index (χ0v) is 13.3. The first-order chi connectivity index (χ1) is 9.22. The molecule has 0 heterocycles.